The number of unbranched alkanes of at least 4 members (excludes halogenated alkanes) is 1. The van der Waals surface area contributed by atoms with E-state index in [1.165, 1.54) is 18.4 Å². The molecule has 1 aromatic carbocycles. The van der Waals surface area contributed by atoms with Crippen LogP contribution in [0.15, 0.2) is 24.3 Å². The van der Waals surface area contributed by atoms with Gasteiger partial charge in [-0.2, -0.15) is 0 Å². The second kappa shape index (κ2) is 7.60. The van der Waals surface area contributed by atoms with Crippen molar-refractivity contribution in [3.63, 3.8) is 0 Å². The molecule has 1 aliphatic rings. The van der Waals surface area contributed by atoms with Crippen molar-refractivity contribution < 1.29 is 4.79 Å². The Hall–Kier alpha value is -1.35. The number of nitrogens with zero attached hydrogens (tertiary/aromatic N) is 1. The van der Waals surface area contributed by atoms with Gasteiger partial charge in [-0.3, -0.25) is 4.79 Å². The Bertz CT molecular complexity index is 455. The van der Waals surface area contributed by atoms with Gasteiger partial charge in [0.15, 0.2) is 0 Å². The summed E-state index contributed by atoms with van der Waals surface area (Å²) in [6.45, 7) is 5.11. The van der Waals surface area contributed by atoms with Crippen LogP contribution in [-0.2, 0) is 17.6 Å². The van der Waals surface area contributed by atoms with Crippen LogP contribution in [0.4, 0.5) is 0 Å². The number of piperidine rings is 1. The van der Waals surface area contributed by atoms with Crippen molar-refractivity contribution in [2.45, 2.75) is 64.5 Å². The maximum absolute atomic E-state index is 12.4. The standard InChI is InChI=1S/C18H28N2O/c1-3-4-5-15-6-8-16(9-7-15)13-18(21)20-11-10-17(19)12-14(20)2/h6-9,14,17H,3-5,10-13,19H2,1-2H3/t14-,17-/m0/s1. The fraction of sp³-hybridized carbons (Fsp3) is 0.611. The van der Waals surface area contributed by atoms with E-state index in [-0.39, 0.29) is 18.0 Å². The Morgan fingerprint density at radius 3 is 2.57 bits per heavy atom. The van der Waals surface area contributed by atoms with Gasteiger partial charge in [-0.15, -0.1) is 0 Å². The van der Waals surface area contributed by atoms with Crippen molar-refractivity contribution >= 4 is 5.91 Å². The lowest BCUT2D eigenvalue weighted by molar-refractivity contribution is -0.133. The predicted molar refractivity (Wildman–Crippen MR) is 87.1 cm³/mol. The summed E-state index contributed by atoms with van der Waals surface area (Å²) in [7, 11) is 0. The molecule has 1 fully saturated rings. The molecular weight excluding hydrogens is 260 g/mol. The topological polar surface area (TPSA) is 46.3 Å². The Labute approximate surface area is 128 Å². The van der Waals surface area contributed by atoms with Gasteiger partial charge in [-0.25, -0.2) is 0 Å². The molecular formula is C18H28N2O. The minimum Gasteiger partial charge on any atom is -0.340 e. The van der Waals surface area contributed by atoms with Gasteiger partial charge in [-0.05, 0) is 43.7 Å². The number of nitrogens with two attached hydrogens (primary N) is 1. The lowest BCUT2D eigenvalue weighted by Crippen LogP contribution is -2.48. The number of benzene rings is 1. The second-order valence-corrected chi connectivity index (χ2v) is 6.32. The maximum atomic E-state index is 12.4. The number of carbonyl (C=O) groups excluding carboxylic acids is 1. The highest BCUT2D eigenvalue weighted by Crippen LogP contribution is 2.17. The first-order valence-corrected chi connectivity index (χ1v) is 8.23. The minimum atomic E-state index is 0.232. The van der Waals surface area contributed by atoms with Crippen molar-refractivity contribution in [1.29, 1.82) is 0 Å². The normalized spacial score (nSPS) is 22.3. The van der Waals surface area contributed by atoms with Crippen molar-refractivity contribution in [2.75, 3.05) is 6.54 Å². The van der Waals surface area contributed by atoms with Crippen molar-refractivity contribution in [3.8, 4) is 0 Å². The van der Waals surface area contributed by atoms with E-state index >= 15 is 0 Å². The first-order valence-electron chi connectivity index (χ1n) is 8.23. The maximum Gasteiger partial charge on any atom is 0.227 e. The number of likely N-dealkylation sites (tertiary alicyclic amines) is 1. The number of amides is 1. The molecule has 0 aromatic heterocycles. The Morgan fingerprint density at radius 2 is 1.95 bits per heavy atom. The molecule has 1 aromatic rings. The SMILES string of the molecule is CCCCc1ccc(CC(=O)N2CC[C@H](N)C[C@@H]2C)cc1. The molecule has 1 aliphatic heterocycles. The van der Waals surface area contributed by atoms with Crippen LogP contribution in [0.25, 0.3) is 0 Å². The van der Waals surface area contributed by atoms with E-state index in [0.29, 0.717) is 6.42 Å². The molecule has 2 N–H and O–H groups in total. The van der Waals surface area contributed by atoms with Gasteiger partial charge in [0.05, 0.1) is 6.42 Å². The summed E-state index contributed by atoms with van der Waals surface area (Å²) in [5.74, 6) is 0.232. The number of hydrogen-bond acceptors (Lipinski definition) is 2. The molecule has 116 valence electrons. The largest absolute Gasteiger partial charge is 0.340 e. The first-order chi connectivity index (χ1) is 10.1. The Morgan fingerprint density at radius 1 is 1.29 bits per heavy atom. The van der Waals surface area contributed by atoms with E-state index in [4.69, 9.17) is 5.73 Å². The summed E-state index contributed by atoms with van der Waals surface area (Å²) >= 11 is 0. The van der Waals surface area contributed by atoms with Gasteiger partial charge in [0.1, 0.15) is 0 Å². The summed E-state index contributed by atoms with van der Waals surface area (Å²) in [5.41, 5.74) is 8.44. The third kappa shape index (κ3) is 4.57. The third-order valence-corrected chi connectivity index (χ3v) is 4.43. The highest BCUT2D eigenvalue weighted by atomic mass is 16.2. The molecule has 1 heterocycles. The highest BCUT2D eigenvalue weighted by Gasteiger charge is 2.26. The lowest BCUT2D eigenvalue weighted by atomic mass is 9.98. The molecule has 21 heavy (non-hydrogen) atoms. The van der Waals surface area contributed by atoms with Gasteiger partial charge in [0.2, 0.25) is 5.91 Å². The van der Waals surface area contributed by atoms with E-state index in [1.807, 2.05) is 4.90 Å². The molecule has 0 bridgehead atoms. The van der Waals surface area contributed by atoms with Crippen LogP contribution < -0.4 is 5.73 Å². The zero-order chi connectivity index (χ0) is 15.2. The van der Waals surface area contributed by atoms with Crippen LogP contribution in [-0.4, -0.2) is 29.4 Å². The minimum absolute atomic E-state index is 0.232. The van der Waals surface area contributed by atoms with Crippen molar-refractivity contribution in [3.05, 3.63) is 35.4 Å². The van der Waals surface area contributed by atoms with Crippen molar-refractivity contribution in [1.82, 2.24) is 4.90 Å². The lowest BCUT2D eigenvalue weighted by Gasteiger charge is -2.36. The summed E-state index contributed by atoms with van der Waals surface area (Å²) in [4.78, 5) is 14.4. The van der Waals surface area contributed by atoms with Crippen LogP contribution in [0.3, 0.4) is 0 Å². The molecule has 2 rings (SSSR count). The zero-order valence-corrected chi connectivity index (χ0v) is 13.3. The number of carbonyl (C=O) groups is 1. The molecule has 3 heteroatoms. The summed E-state index contributed by atoms with van der Waals surface area (Å²) < 4.78 is 0. The third-order valence-electron chi connectivity index (χ3n) is 4.43. The smallest absolute Gasteiger partial charge is 0.227 e. The first kappa shape index (κ1) is 16.0. The van der Waals surface area contributed by atoms with Gasteiger partial charge >= 0.3 is 0 Å². The number of hydrogen-bond donors (Lipinski definition) is 1. The van der Waals surface area contributed by atoms with Gasteiger partial charge in [-0.1, -0.05) is 37.6 Å². The van der Waals surface area contributed by atoms with E-state index in [2.05, 4.69) is 38.1 Å². The summed E-state index contributed by atoms with van der Waals surface area (Å²) in [6, 6.07) is 9.04. The summed E-state index contributed by atoms with van der Waals surface area (Å²) in [6.07, 6.45) is 5.92. The predicted octanol–water partition coefficient (Wildman–Crippen LogP) is 2.91. The molecule has 1 amide bonds. The fourth-order valence-corrected chi connectivity index (χ4v) is 3.06. The van der Waals surface area contributed by atoms with E-state index < -0.39 is 0 Å². The van der Waals surface area contributed by atoms with Crippen molar-refractivity contribution in [2.24, 2.45) is 5.73 Å². The fourth-order valence-electron chi connectivity index (χ4n) is 3.06. The highest BCUT2D eigenvalue weighted by molar-refractivity contribution is 5.79. The molecule has 0 spiro atoms. The van der Waals surface area contributed by atoms with Gasteiger partial charge < -0.3 is 10.6 Å². The van der Waals surface area contributed by atoms with Crippen LogP contribution >= 0.6 is 0 Å². The quantitative estimate of drug-likeness (QED) is 0.905. The van der Waals surface area contributed by atoms with E-state index in [1.54, 1.807) is 0 Å². The van der Waals surface area contributed by atoms with E-state index in [0.717, 1.165) is 31.4 Å². The number of aryl methyl sites for hydroxylation is 1. The van der Waals surface area contributed by atoms with Crippen LogP contribution in [0.5, 0.6) is 0 Å². The Balaban J connectivity index is 1.90. The zero-order valence-electron chi connectivity index (χ0n) is 13.3. The molecule has 0 unspecified atom stereocenters. The van der Waals surface area contributed by atoms with Gasteiger partial charge in [0, 0.05) is 18.6 Å². The molecule has 0 saturated carbocycles. The Kier molecular flexibility index (Phi) is 5.80. The average Bonchev–Trinajstić information content (AvgIpc) is 2.46. The summed E-state index contributed by atoms with van der Waals surface area (Å²) in [5, 5.41) is 0. The molecule has 0 aliphatic carbocycles. The molecule has 3 nitrogen and oxygen atoms in total. The van der Waals surface area contributed by atoms with Crippen LogP contribution in [0, 0.1) is 0 Å². The molecule has 0 radical (unpaired) electrons. The number of rotatable bonds is 5. The van der Waals surface area contributed by atoms with Crippen LogP contribution in [0.1, 0.15) is 50.7 Å². The monoisotopic (exact) mass is 288 g/mol. The van der Waals surface area contributed by atoms with E-state index in [9.17, 15) is 4.79 Å². The molecule has 1 saturated heterocycles. The van der Waals surface area contributed by atoms with Crippen LogP contribution in [0.2, 0.25) is 0 Å². The molecule has 2 atom stereocenters. The average molecular weight is 288 g/mol. The second-order valence-electron chi connectivity index (χ2n) is 6.32. The van der Waals surface area contributed by atoms with Gasteiger partial charge in [0.25, 0.3) is 0 Å².